The zero-order valence-electron chi connectivity index (χ0n) is 13.5. The normalized spacial score (nSPS) is 16.7. The average Bonchev–Trinajstić information content (AvgIpc) is 3.00. The van der Waals surface area contributed by atoms with Crippen LogP contribution in [0.1, 0.15) is 18.7 Å². The highest BCUT2D eigenvalue weighted by Gasteiger charge is 2.33. The second-order valence-electron chi connectivity index (χ2n) is 5.72. The summed E-state index contributed by atoms with van der Waals surface area (Å²) >= 11 is 0. The molecule has 0 radical (unpaired) electrons. The molecule has 0 unspecified atom stereocenters. The molecule has 0 bridgehead atoms. The second kappa shape index (κ2) is 6.89. The predicted molar refractivity (Wildman–Crippen MR) is 85.5 cm³/mol. The number of nitrogens with one attached hydrogen (secondary N) is 1. The summed E-state index contributed by atoms with van der Waals surface area (Å²) in [6.45, 7) is 1.88. The molecular weight excluding hydrogens is 351 g/mol. The summed E-state index contributed by atoms with van der Waals surface area (Å²) in [6, 6.07) is 5.27. The number of benzene rings is 1. The van der Waals surface area contributed by atoms with E-state index in [1.807, 2.05) is 0 Å². The van der Waals surface area contributed by atoms with Gasteiger partial charge in [0.15, 0.2) is 0 Å². The number of carbonyl (C=O) groups is 1. The van der Waals surface area contributed by atoms with E-state index in [0.717, 1.165) is 6.07 Å². The molecule has 3 rings (SSSR count). The van der Waals surface area contributed by atoms with Crippen LogP contribution in [0.5, 0.6) is 0 Å². The molecule has 2 aromatic rings. The van der Waals surface area contributed by atoms with E-state index in [9.17, 15) is 17.6 Å². The van der Waals surface area contributed by atoms with Gasteiger partial charge in [-0.25, -0.2) is 12.8 Å². The number of sulfonamides is 1. The number of rotatable bonds is 4. The van der Waals surface area contributed by atoms with Crippen molar-refractivity contribution in [2.24, 2.45) is 5.92 Å². The molecule has 8 nitrogen and oxygen atoms in total. The van der Waals surface area contributed by atoms with Crippen molar-refractivity contribution in [3.63, 3.8) is 0 Å². The monoisotopic (exact) mass is 368 g/mol. The van der Waals surface area contributed by atoms with Crippen LogP contribution in [-0.2, 0) is 14.8 Å². The molecule has 0 spiro atoms. The molecule has 1 aromatic heterocycles. The zero-order valence-corrected chi connectivity index (χ0v) is 14.3. The van der Waals surface area contributed by atoms with Crippen LogP contribution < -0.4 is 5.32 Å². The molecule has 134 valence electrons. The molecule has 0 aliphatic carbocycles. The maximum atomic E-state index is 13.8. The van der Waals surface area contributed by atoms with Crippen molar-refractivity contribution < 1.29 is 22.0 Å². The molecule has 10 heteroatoms. The van der Waals surface area contributed by atoms with E-state index in [2.05, 4.69) is 15.5 Å². The summed E-state index contributed by atoms with van der Waals surface area (Å²) in [7, 11) is -3.91. The SMILES string of the molecule is Cc1nnc(NC(=O)C2CCN(S(=O)(=O)c3ccccc3F)CC2)o1. The van der Waals surface area contributed by atoms with E-state index < -0.39 is 15.8 Å². The number of aromatic nitrogens is 2. The second-order valence-corrected chi connectivity index (χ2v) is 7.63. The Hall–Kier alpha value is -2.33. The third-order valence-electron chi connectivity index (χ3n) is 4.04. The first kappa shape index (κ1) is 17.5. The smallest absolute Gasteiger partial charge is 0.322 e. The van der Waals surface area contributed by atoms with Crippen LogP contribution in [-0.4, -0.2) is 41.9 Å². The number of carbonyl (C=O) groups excluding carboxylic acids is 1. The Morgan fingerprint density at radius 1 is 1.28 bits per heavy atom. The standard InChI is InChI=1S/C15H17FN4O4S/c1-10-18-19-15(24-10)17-14(21)11-6-8-20(9-7-11)25(22,23)13-5-3-2-4-12(13)16/h2-5,11H,6-9H2,1H3,(H,17,19,21). The summed E-state index contributed by atoms with van der Waals surface area (Å²) in [5.74, 6) is -1.12. The highest BCUT2D eigenvalue weighted by Crippen LogP contribution is 2.26. The fourth-order valence-corrected chi connectivity index (χ4v) is 4.24. The van der Waals surface area contributed by atoms with Crippen LogP contribution in [0, 0.1) is 18.7 Å². The van der Waals surface area contributed by atoms with Gasteiger partial charge in [-0.3, -0.25) is 10.1 Å². The minimum atomic E-state index is -3.91. The van der Waals surface area contributed by atoms with E-state index in [4.69, 9.17) is 4.42 Å². The Balaban J connectivity index is 1.63. The third-order valence-corrected chi connectivity index (χ3v) is 5.97. The van der Waals surface area contributed by atoms with Gasteiger partial charge >= 0.3 is 6.01 Å². The molecule has 0 atom stereocenters. The molecular formula is C15H17FN4O4S. The van der Waals surface area contributed by atoms with Gasteiger partial charge in [0.05, 0.1) is 0 Å². The quantitative estimate of drug-likeness (QED) is 0.878. The Kier molecular flexibility index (Phi) is 4.82. The lowest BCUT2D eigenvalue weighted by Gasteiger charge is -2.30. The summed E-state index contributed by atoms with van der Waals surface area (Å²) < 4.78 is 45.1. The van der Waals surface area contributed by atoms with E-state index in [-0.39, 0.29) is 35.8 Å². The molecule has 0 saturated carbocycles. The minimum absolute atomic E-state index is 0.0175. The fraction of sp³-hybridized carbons (Fsp3) is 0.400. The largest absolute Gasteiger partial charge is 0.408 e. The number of nitrogens with zero attached hydrogens (tertiary/aromatic N) is 3. The number of halogens is 1. The van der Waals surface area contributed by atoms with E-state index in [1.54, 1.807) is 6.92 Å². The molecule has 1 amide bonds. The van der Waals surface area contributed by atoms with E-state index >= 15 is 0 Å². The van der Waals surface area contributed by atoms with Gasteiger partial charge in [0.2, 0.25) is 21.8 Å². The zero-order chi connectivity index (χ0) is 18.0. The number of hydrogen-bond acceptors (Lipinski definition) is 6. The van der Waals surface area contributed by atoms with E-state index in [1.165, 1.54) is 22.5 Å². The van der Waals surface area contributed by atoms with Crippen molar-refractivity contribution in [3.05, 3.63) is 36.0 Å². The summed E-state index contributed by atoms with van der Waals surface area (Å²) in [5, 5.41) is 9.82. The van der Waals surface area contributed by atoms with Crippen LogP contribution in [0.4, 0.5) is 10.4 Å². The van der Waals surface area contributed by atoms with Crippen molar-refractivity contribution in [1.29, 1.82) is 0 Å². The first-order valence-electron chi connectivity index (χ1n) is 7.73. The number of amides is 1. The molecule has 1 aromatic carbocycles. The molecule has 1 N–H and O–H groups in total. The lowest BCUT2D eigenvalue weighted by atomic mass is 9.97. The Labute approximate surface area is 144 Å². The molecule has 2 heterocycles. The lowest BCUT2D eigenvalue weighted by molar-refractivity contribution is -0.121. The van der Waals surface area contributed by atoms with Crippen molar-refractivity contribution >= 4 is 21.9 Å². The first-order chi connectivity index (χ1) is 11.9. The van der Waals surface area contributed by atoms with Gasteiger partial charge in [0, 0.05) is 25.9 Å². The van der Waals surface area contributed by atoms with Gasteiger partial charge in [0.1, 0.15) is 10.7 Å². The van der Waals surface area contributed by atoms with Crippen LogP contribution in [0.3, 0.4) is 0 Å². The maximum absolute atomic E-state index is 13.8. The molecule has 25 heavy (non-hydrogen) atoms. The van der Waals surface area contributed by atoms with Gasteiger partial charge < -0.3 is 4.42 Å². The number of hydrogen-bond donors (Lipinski definition) is 1. The first-order valence-corrected chi connectivity index (χ1v) is 9.17. The molecule has 1 aliphatic rings. The van der Waals surface area contributed by atoms with Gasteiger partial charge in [-0.2, -0.15) is 4.31 Å². The Morgan fingerprint density at radius 3 is 2.56 bits per heavy atom. The van der Waals surface area contributed by atoms with Crippen LogP contribution in [0.15, 0.2) is 33.6 Å². The van der Waals surface area contributed by atoms with E-state index in [0.29, 0.717) is 18.7 Å². The van der Waals surface area contributed by atoms with Crippen LogP contribution >= 0.6 is 0 Å². The highest BCUT2D eigenvalue weighted by atomic mass is 32.2. The topological polar surface area (TPSA) is 105 Å². The fourth-order valence-electron chi connectivity index (χ4n) is 2.71. The highest BCUT2D eigenvalue weighted by molar-refractivity contribution is 7.89. The maximum Gasteiger partial charge on any atom is 0.322 e. The van der Waals surface area contributed by atoms with Gasteiger partial charge in [-0.15, -0.1) is 5.10 Å². The summed E-state index contributed by atoms with van der Waals surface area (Å²) in [6.07, 6.45) is 0.652. The Morgan fingerprint density at radius 2 is 1.96 bits per heavy atom. The third kappa shape index (κ3) is 3.69. The number of anilines is 1. The average molecular weight is 368 g/mol. The van der Waals surface area contributed by atoms with Gasteiger partial charge in [0.25, 0.3) is 0 Å². The van der Waals surface area contributed by atoms with Crippen molar-refractivity contribution in [3.8, 4) is 0 Å². The van der Waals surface area contributed by atoms with Crippen molar-refractivity contribution in [2.75, 3.05) is 18.4 Å². The molecule has 1 aliphatic heterocycles. The molecule has 1 saturated heterocycles. The Bertz CT molecular complexity index is 875. The summed E-state index contributed by atoms with van der Waals surface area (Å²) in [5.41, 5.74) is 0. The van der Waals surface area contributed by atoms with Gasteiger partial charge in [-0.1, -0.05) is 17.2 Å². The minimum Gasteiger partial charge on any atom is -0.408 e. The van der Waals surface area contributed by atoms with Crippen LogP contribution in [0.2, 0.25) is 0 Å². The molecule has 1 fully saturated rings. The van der Waals surface area contributed by atoms with Crippen molar-refractivity contribution in [1.82, 2.24) is 14.5 Å². The van der Waals surface area contributed by atoms with Crippen molar-refractivity contribution in [2.45, 2.75) is 24.7 Å². The number of piperidine rings is 1. The lowest BCUT2D eigenvalue weighted by Crippen LogP contribution is -2.41. The summed E-state index contributed by atoms with van der Waals surface area (Å²) in [4.78, 5) is 11.8. The van der Waals surface area contributed by atoms with Gasteiger partial charge in [-0.05, 0) is 25.0 Å². The van der Waals surface area contributed by atoms with Crippen LogP contribution in [0.25, 0.3) is 0 Å². The predicted octanol–water partition coefficient (Wildman–Crippen LogP) is 1.56. The number of aryl methyl sites for hydroxylation is 1.